The summed E-state index contributed by atoms with van der Waals surface area (Å²) in [6, 6.07) is 7.27. The fourth-order valence-corrected chi connectivity index (χ4v) is 2.60. The molecular weight excluding hydrogens is 302 g/mol. The van der Waals surface area contributed by atoms with Crippen LogP contribution in [-0.4, -0.2) is 42.0 Å². The predicted octanol–water partition coefficient (Wildman–Crippen LogP) is 2.36. The van der Waals surface area contributed by atoms with Gasteiger partial charge in [-0.05, 0) is 37.2 Å². The molecule has 0 saturated carbocycles. The lowest BCUT2D eigenvalue weighted by atomic mass is 10.2. The number of carbonyl (C=O) groups is 1. The third-order valence-corrected chi connectivity index (χ3v) is 3.92. The van der Waals surface area contributed by atoms with Gasteiger partial charge in [-0.1, -0.05) is 11.6 Å². The van der Waals surface area contributed by atoms with Crippen LogP contribution in [0, 0.1) is 0 Å². The van der Waals surface area contributed by atoms with Crippen molar-refractivity contribution in [3.8, 4) is 11.5 Å². The average Bonchev–Trinajstić information content (AvgIpc) is 2.81. The van der Waals surface area contributed by atoms with E-state index >= 15 is 0 Å². The second-order valence-corrected chi connectivity index (χ2v) is 5.75. The summed E-state index contributed by atoms with van der Waals surface area (Å²) in [6.07, 6.45) is 2.82. The van der Waals surface area contributed by atoms with Crippen molar-refractivity contribution in [2.75, 3.05) is 26.2 Å². The fourth-order valence-electron chi connectivity index (χ4n) is 2.48. The standard InChI is InChI=1S/C16H18ClN3O2/c17-13-4-2-12(3-5-13)16-19-14(11-22-16)10-15(21)20-8-1-6-18-7-9-20/h2-5,11,18H,1,6-10H2. The van der Waals surface area contributed by atoms with Gasteiger partial charge in [0, 0.05) is 30.2 Å². The summed E-state index contributed by atoms with van der Waals surface area (Å²) in [5, 5.41) is 3.95. The van der Waals surface area contributed by atoms with Crippen LogP contribution in [0.5, 0.6) is 0 Å². The minimum absolute atomic E-state index is 0.0969. The van der Waals surface area contributed by atoms with Gasteiger partial charge in [0.25, 0.3) is 0 Å². The molecule has 6 heteroatoms. The van der Waals surface area contributed by atoms with Crippen LogP contribution in [0.4, 0.5) is 0 Å². The summed E-state index contributed by atoms with van der Waals surface area (Å²) in [5.74, 6) is 0.608. The third kappa shape index (κ3) is 3.67. The molecule has 1 aliphatic rings. The highest BCUT2D eigenvalue weighted by Gasteiger charge is 2.17. The maximum atomic E-state index is 12.3. The molecular formula is C16H18ClN3O2. The maximum absolute atomic E-state index is 12.3. The van der Waals surface area contributed by atoms with Crippen molar-refractivity contribution in [3.63, 3.8) is 0 Å². The first kappa shape index (κ1) is 15.1. The molecule has 1 aromatic heterocycles. The first-order chi connectivity index (χ1) is 10.7. The van der Waals surface area contributed by atoms with Crippen molar-refractivity contribution < 1.29 is 9.21 Å². The Hall–Kier alpha value is -1.85. The van der Waals surface area contributed by atoms with E-state index in [0.717, 1.165) is 38.2 Å². The van der Waals surface area contributed by atoms with Crippen molar-refractivity contribution in [1.82, 2.24) is 15.2 Å². The largest absolute Gasteiger partial charge is 0.444 e. The van der Waals surface area contributed by atoms with Gasteiger partial charge in [-0.3, -0.25) is 4.79 Å². The summed E-state index contributed by atoms with van der Waals surface area (Å²) in [7, 11) is 0. The summed E-state index contributed by atoms with van der Waals surface area (Å²) in [6.45, 7) is 3.36. The van der Waals surface area contributed by atoms with Crippen LogP contribution < -0.4 is 5.32 Å². The van der Waals surface area contributed by atoms with Gasteiger partial charge < -0.3 is 14.6 Å². The molecule has 1 fully saturated rings. The van der Waals surface area contributed by atoms with Crippen LogP contribution in [0.25, 0.3) is 11.5 Å². The second kappa shape index (κ2) is 6.94. The molecule has 0 unspecified atom stereocenters. The molecule has 1 N–H and O–H groups in total. The molecule has 0 atom stereocenters. The number of halogens is 1. The highest BCUT2D eigenvalue weighted by Crippen LogP contribution is 2.21. The number of nitrogens with one attached hydrogen (secondary N) is 1. The van der Waals surface area contributed by atoms with Crippen LogP contribution in [0.1, 0.15) is 12.1 Å². The molecule has 1 saturated heterocycles. The lowest BCUT2D eigenvalue weighted by molar-refractivity contribution is -0.130. The molecule has 1 aliphatic heterocycles. The van der Waals surface area contributed by atoms with Gasteiger partial charge in [-0.2, -0.15) is 0 Å². The first-order valence-corrected chi connectivity index (χ1v) is 7.79. The molecule has 2 aromatic rings. The Morgan fingerprint density at radius 2 is 2.09 bits per heavy atom. The molecule has 1 amide bonds. The smallest absolute Gasteiger partial charge is 0.228 e. The Morgan fingerprint density at radius 1 is 1.27 bits per heavy atom. The Kier molecular flexibility index (Phi) is 4.75. The number of benzene rings is 1. The van der Waals surface area contributed by atoms with Crippen LogP contribution in [0.15, 0.2) is 34.9 Å². The Balaban J connectivity index is 1.66. The lowest BCUT2D eigenvalue weighted by Crippen LogP contribution is -2.35. The topological polar surface area (TPSA) is 58.4 Å². The van der Waals surface area contributed by atoms with Crippen molar-refractivity contribution in [2.24, 2.45) is 0 Å². The zero-order valence-corrected chi connectivity index (χ0v) is 13.0. The molecule has 0 bridgehead atoms. The highest BCUT2D eigenvalue weighted by atomic mass is 35.5. The molecule has 0 aliphatic carbocycles. The summed E-state index contributed by atoms with van der Waals surface area (Å²) in [4.78, 5) is 18.6. The van der Waals surface area contributed by atoms with E-state index in [0.29, 0.717) is 16.6 Å². The number of hydrogen-bond donors (Lipinski definition) is 1. The average molecular weight is 320 g/mol. The van der Waals surface area contributed by atoms with Gasteiger partial charge in [-0.15, -0.1) is 0 Å². The van der Waals surface area contributed by atoms with Crippen molar-refractivity contribution in [3.05, 3.63) is 41.2 Å². The van der Waals surface area contributed by atoms with Gasteiger partial charge in [0.15, 0.2) is 0 Å². The van der Waals surface area contributed by atoms with Gasteiger partial charge in [-0.25, -0.2) is 4.98 Å². The minimum Gasteiger partial charge on any atom is -0.444 e. The number of oxazole rings is 1. The van der Waals surface area contributed by atoms with Crippen LogP contribution in [0.2, 0.25) is 5.02 Å². The molecule has 22 heavy (non-hydrogen) atoms. The normalized spacial score (nSPS) is 15.6. The minimum atomic E-state index is 0.0969. The van der Waals surface area contributed by atoms with E-state index in [1.807, 2.05) is 17.0 Å². The number of carbonyl (C=O) groups excluding carboxylic acids is 1. The third-order valence-electron chi connectivity index (χ3n) is 3.67. The van der Waals surface area contributed by atoms with Crippen LogP contribution in [-0.2, 0) is 11.2 Å². The zero-order valence-electron chi connectivity index (χ0n) is 12.2. The fraction of sp³-hybridized carbons (Fsp3) is 0.375. The van der Waals surface area contributed by atoms with Crippen molar-refractivity contribution in [1.29, 1.82) is 0 Å². The maximum Gasteiger partial charge on any atom is 0.228 e. The first-order valence-electron chi connectivity index (χ1n) is 7.41. The summed E-state index contributed by atoms with van der Waals surface area (Å²) >= 11 is 5.87. The number of amides is 1. The van der Waals surface area contributed by atoms with E-state index in [1.54, 1.807) is 18.4 Å². The molecule has 0 radical (unpaired) electrons. The summed E-state index contributed by atoms with van der Waals surface area (Å²) < 4.78 is 5.47. The van der Waals surface area contributed by atoms with Gasteiger partial charge in [0.2, 0.25) is 11.8 Å². The Bertz CT molecular complexity index is 631. The van der Waals surface area contributed by atoms with E-state index in [4.69, 9.17) is 16.0 Å². The highest BCUT2D eigenvalue weighted by molar-refractivity contribution is 6.30. The molecule has 3 rings (SSSR count). The van der Waals surface area contributed by atoms with E-state index in [1.165, 1.54) is 0 Å². The summed E-state index contributed by atoms with van der Waals surface area (Å²) in [5.41, 5.74) is 1.51. The number of nitrogens with zero attached hydrogens (tertiary/aromatic N) is 2. The zero-order chi connectivity index (χ0) is 15.4. The lowest BCUT2D eigenvalue weighted by Gasteiger charge is -2.19. The monoisotopic (exact) mass is 319 g/mol. The van der Waals surface area contributed by atoms with Gasteiger partial charge >= 0.3 is 0 Å². The van der Waals surface area contributed by atoms with E-state index in [-0.39, 0.29) is 12.3 Å². The molecule has 5 nitrogen and oxygen atoms in total. The SMILES string of the molecule is O=C(Cc1coc(-c2ccc(Cl)cc2)n1)N1CCCNCC1. The Morgan fingerprint density at radius 3 is 2.91 bits per heavy atom. The molecule has 1 aromatic carbocycles. The van der Waals surface area contributed by atoms with Crippen molar-refractivity contribution >= 4 is 17.5 Å². The Labute approximate surface area is 134 Å². The number of aromatic nitrogens is 1. The van der Waals surface area contributed by atoms with E-state index in [9.17, 15) is 4.79 Å². The predicted molar refractivity (Wildman–Crippen MR) is 84.7 cm³/mol. The van der Waals surface area contributed by atoms with Crippen molar-refractivity contribution in [2.45, 2.75) is 12.8 Å². The molecule has 2 heterocycles. The molecule has 116 valence electrons. The van der Waals surface area contributed by atoms with Crippen LogP contribution >= 0.6 is 11.6 Å². The van der Waals surface area contributed by atoms with E-state index in [2.05, 4.69) is 10.3 Å². The number of hydrogen-bond acceptors (Lipinski definition) is 4. The van der Waals surface area contributed by atoms with Gasteiger partial charge in [0.05, 0.1) is 12.1 Å². The second-order valence-electron chi connectivity index (χ2n) is 5.31. The van der Waals surface area contributed by atoms with E-state index < -0.39 is 0 Å². The van der Waals surface area contributed by atoms with Gasteiger partial charge in [0.1, 0.15) is 6.26 Å². The van der Waals surface area contributed by atoms with Crippen LogP contribution in [0.3, 0.4) is 0 Å². The molecule has 0 spiro atoms. The number of rotatable bonds is 3. The quantitative estimate of drug-likeness (QED) is 0.943.